The molecule has 0 atom stereocenters. The van der Waals surface area contributed by atoms with Gasteiger partial charge in [-0.1, -0.05) is 0 Å². The predicted molar refractivity (Wildman–Crippen MR) is 57.5 cm³/mol. The summed E-state index contributed by atoms with van der Waals surface area (Å²) in [5.41, 5.74) is -3.21. The Bertz CT molecular complexity index is 448. The monoisotopic (exact) mass is 442 g/mol. The third-order valence-electron chi connectivity index (χ3n) is 1.80. The van der Waals surface area contributed by atoms with Gasteiger partial charge in [0.1, 0.15) is 5.75 Å². The second kappa shape index (κ2) is 9.54. The van der Waals surface area contributed by atoms with Crippen molar-refractivity contribution in [1.82, 2.24) is 0 Å². The molecule has 0 saturated carbocycles. The number of halogens is 6. The van der Waals surface area contributed by atoms with Crippen molar-refractivity contribution < 1.29 is 78.5 Å². The zero-order chi connectivity index (χ0) is 17.7. The maximum absolute atomic E-state index is 12.3. The fourth-order valence-corrected chi connectivity index (χ4v) is 1.12. The van der Waals surface area contributed by atoms with Gasteiger partial charge in [-0.25, -0.2) is 0 Å². The molecule has 0 bridgehead atoms. The van der Waals surface area contributed by atoms with Gasteiger partial charge >= 0.3 is 49.4 Å². The molecule has 0 radical (unpaired) electrons. The number of alkyl halides is 6. The first-order chi connectivity index (χ1) is 9.73. The van der Waals surface area contributed by atoms with Crippen LogP contribution in [0.2, 0.25) is 0 Å². The van der Waals surface area contributed by atoms with Crippen LogP contribution in [0, 0.1) is 0 Å². The molecule has 0 spiro atoms. The number of rotatable bonds is 2. The summed E-state index contributed by atoms with van der Waals surface area (Å²) in [6.45, 7) is 0. The van der Waals surface area contributed by atoms with Crippen molar-refractivity contribution in [2.24, 2.45) is 0 Å². The van der Waals surface area contributed by atoms with Crippen molar-refractivity contribution in [2.75, 3.05) is 0 Å². The van der Waals surface area contributed by atoms with Crippen molar-refractivity contribution in [1.29, 1.82) is 0 Å². The number of hydrogen-bond donors (Lipinski definition) is 4. The Balaban J connectivity index is 0. The maximum Gasteiger partial charge on any atom is 1.00 e. The standard InChI is InChI=1S/C8H5BF6O3.Ag.BH2O3/c10-7(11,12)4-1-5(8(13,14)15)3-6(2-4)18-9(16)17;;2-1(3)4/h1-3,16-17H;;2-3H/q;+1;-1. The predicted octanol–water partition coefficient (Wildman–Crippen LogP) is -0.614. The van der Waals surface area contributed by atoms with Gasteiger partial charge < -0.3 is 29.8 Å². The van der Waals surface area contributed by atoms with E-state index < -0.39 is 43.9 Å². The van der Waals surface area contributed by atoms with E-state index in [2.05, 4.69) is 4.65 Å². The Kier molecular flexibility index (Phi) is 10.2. The van der Waals surface area contributed by atoms with Gasteiger partial charge in [0.05, 0.1) is 11.1 Å². The van der Waals surface area contributed by atoms with E-state index in [-0.39, 0.29) is 40.6 Å². The SMILES string of the molecule is OB(O)Oc1cc(C(F)(F)F)cc(C(F)(F)F)c1.[Ag+].[O-]B(O)O. The molecule has 1 rings (SSSR count). The molecule has 15 heteroatoms. The molecule has 0 unspecified atom stereocenters. The largest absolute Gasteiger partial charge is 1.00 e. The molecular formula is C8H7AgB2F6O6. The summed E-state index contributed by atoms with van der Waals surface area (Å²) in [4.78, 5) is 0. The van der Waals surface area contributed by atoms with Crippen LogP contribution in [0.25, 0.3) is 0 Å². The molecule has 0 amide bonds. The Hall–Kier alpha value is -0.730. The Morgan fingerprint density at radius 2 is 1.13 bits per heavy atom. The van der Waals surface area contributed by atoms with Crippen molar-refractivity contribution in [3.8, 4) is 5.75 Å². The Morgan fingerprint density at radius 3 is 1.35 bits per heavy atom. The van der Waals surface area contributed by atoms with E-state index >= 15 is 0 Å². The van der Waals surface area contributed by atoms with Crippen LogP contribution in [0.4, 0.5) is 26.3 Å². The fourth-order valence-electron chi connectivity index (χ4n) is 1.12. The van der Waals surface area contributed by atoms with Gasteiger partial charge in [-0.3, -0.25) is 0 Å². The average Bonchev–Trinajstić information content (AvgIpc) is 2.24. The smallest absolute Gasteiger partial charge is 0.832 e. The molecule has 0 aliphatic heterocycles. The maximum atomic E-state index is 12.3. The summed E-state index contributed by atoms with van der Waals surface area (Å²) in [5.74, 6) is -0.952. The molecule has 0 aliphatic carbocycles. The molecule has 1 aromatic rings. The van der Waals surface area contributed by atoms with Gasteiger partial charge in [-0.15, -0.1) is 0 Å². The molecule has 0 saturated heterocycles. The van der Waals surface area contributed by atoms with E-state index in [1.165, 1.54) is 0 Å². The first-order valence-electron chi connectivity index (χ1n) is 5.07. The van der Waals surface area contributed by atoms with Gasteiger partial charge in [0.2, 0.25) is 0 Å². The summed E-state index contributed by atoms with van der Waals surface area (Å²) in [7, 11) is -4.94. The normalized spacial score (nSPS) is 10.9. The van der Waals surface area contributed by atoms with E-state index in [1.807, 2.05) is 0 Å². The van der Waals surface area contributed by atoms with Gasteiger partial charge in [0, 0.05) is 0 Å². The van der Waals surface area contributed by atoms with Crippen LogP contribution in [0.1, 0.15) is 11.1 Å². The minimum Gasteiger partial charge on any atom is -0.832 e. The van der Waals surface area contributed by atoms with E-state index in [4.69, 9.17) is 25.1 Å². The van der Waals surface area contributed by atoms with E-state index in [0.717, 1.165) is 0 Å². The topological polar surface area (TPSA) is 113 Å². The summed E-state index contributed by atoms with van der Waals surface area (Å²) < 4.78 is 78.0. The summed E-state index contributed by atoms with van der Waals surface area (Å²) in [6, 6.07) is 0.361. The summed E-state index contributed by atoms with van der Waals surface area (Å²) >= 11 is 0. The van der Waals surface area contributed by atoms with Crippen LogP contribution in [-0.4, -0.2) is 34.7 Å². The molecular weight excluding hydrogens is 436 g/mol. The van der Waals surface area contributed by atoms with Crippen LogP contribution < -0.4 is 9.68 Å². The quantitative estimate of drug-likeness (QED) is 0.359. The first-order valence-corrected chi connectivity index (χ1v) is 5.07. The second-order valence-electron chi connectivity index (χ2n) is 3.51. The van der Waals surface area contributed by atoms with Crippen molar-refractivity contribution >= 4 is 14.6 Å². The number of hydrogen-bond acceptors (Lipinski definition) is 6. The van der Waals surface area contributed by atoms with E-state index in [9.17, 15) is 26.3 Å². The van der Waals surface area contributed by atoms with Crippen LogP contribution in [0.5, 0.6) is 5.75 Å². The molecule has 0 aromatic heterocycles. The van der Waals surface area contributed by atoms with Crippen LogP contribution in [-0.2, 0) is 34.7 Å². The van der Waals surface area contributed by atoms with E-state index in [0.29, 0.717) is 0 Å². The fraction of sp³-hybridized carbons (Fsp3) is 0.250. The third kappa shape index (κ3) is 10.6. The summed E-state index contributed by atoms with van der Waals surface area (Å²) in [6.07, 6.45) is -10.0. The minimum absolute atomic E-state index is 0. The minimum atomic E-state index is -5.01. The van der Waals surface area contributed by atoms with Gasteiger partial charge in [-0.05, 0) is 18.2 Å². The van der Waals surface area contributed by atoms with E-state index in [1.54, 1.807) is 0 Å². The molecule has 0 heterocycles. The molecule has 4 N–H and O–H groups in total. The second-order valence-corrected chi connectivity index (χ2v) is 3.51. The van der Waals surface area contributed by atoms with Crippen LogP contribution in [0.15, 0.2) is 18.2 Å². The first kappa shape index (κ1) is 24.5. The van der Waals surface area contributed by atoms with Crippen molar-refractivity contribution in [3.05, 3.63) is 29.3 Å². The third-order valence-corrected chi connectivity index (χ3v) is 1.80. The Morgan fingerprint density at radius 1 is 0.826 bits per heavy atom. The molecule has 1 aromatic carbocycles. The van der Waals surface area contributed by atoms with Crippen LogP contribution in [0.3, 0.4) is 0 Å². The zero-order valence-corrected chi connectivity index (χ0v) is 12.0. The van der Waals surface area contributed by atoms with Gasteiger partial charge in [0.25, 0.3) is 0 Å². The van der Waals surface area contributed by atoms with Gasteiger partial charge in [-0.2, -0.15) is 26.3 Å². The van der Waals surface area contributed by atoms with Crippen molar-refractivity contribution in [3.63, 3.8) is 0 Å². The molecule has 0 aliphatic rings. The Labute approximate surface area is 141 Å². The average molecular weight is 443 g/mol. The molecule has 134 valence electrons. The zero-order valence-electron chi connectivity index (χ0n) is 10.6. The van der Waals surface area contributed by atoms with Crippen LogP contribution >= 0.6 is 0 Å². The van der Waals surface area contributed by atoms with Gasteiger partial charge in [0.15, 0.2) is 0 Å². The van der Waals surface area contributed by atoms with Crippen molar-refractivity contribution in [2.45, 2.75) is 12.4 Å². The molecule has 23 heavy (non-hydrogen) atoms. The summed E-state index contributed by atoms with van der Waals surface area (Å²) in [5, 5.41) is 39.5. The molecule has 0 fully saturated rings. The molecule has 6 nitrogen and oxygen atoms in total. The number of benzene rings is 1.